The molecule has 0 aromatic heterocycles. The fraction of sp³-hybridized carbons (Fsp3) is 0.618. The average Bonchev–Trinajstić information content (AvgIpc) is 2.98. The molecule has 0 radical (unpaired) electrons. The van der Waals surface area contributed by atoms with Crippen LogP contribution in [0.25, 0.3) is 0 Å². The van der Waals surface area contributed by atoms with E-state index in [1.165, 1.54) is 50.8 Å². The summed E-state index contributed by atoms with van der Waals surface area (Å²) in [5.74, 6) is 0.995. The number of piperazine rings is 1. The molecule has 224 valence electrons. The molecule has 5 nitrogen and oxygen atoms in total. The van der Waals surface area contributed by atoms with Crippen molar-refractivity contribution in [2.24, 2.45) is 0 Å². The molecule has 2 aromatic carbocycles. The lowest BCUT2D eigenvalue weighted by Gasteiger charge is -2.46. The topological polar surface area (TPSA) is 36.0 Å². The number of hydrogen-bond acceptors (Lipinski definition) is 4. The van der Waals surface area contributed by atoms with Gasteiger partial charge in [0.15, 0.2) is 0 Å². The van der Waals surface area contributed by atoms with Crippen LogP contribution >= 0.6 is 23.2 Å². The molecule has 0 bridgehead atoms. The Bertz CT molecular complexity index is 1160. The third-order valence-corrected chi connectivity index (χ3v) is 10.2. The quantitative estimate of drug-likeness (QED) is 0.305. The molecule has 0 unspecified atom stereocenters. The van der Waals surface area contributed by atoms with Crippen LogP contribution in [-0.2, 0) is 16.6 Å². The van der Waals surface area contributed by atoms with Gasteiger partial charge in [0.1, 0.15) is 5.75 Å². The molecule has 3 fully saturated rings. The number of hydrogen-bond donors (Lipinski definition) is 0. The Morgan fingerprint density at radius 2 is 1.73 bits per heavy atom. The summed E-state index contributed by atoms with van der Waals surface area (Å²) in [7, 11) is 0. The molecule has 0 N–H and O–H groups in total. The largest absolute Gasteiger partial charge is 0.491 e. The maximum Gasteiger partial charge on any atom is 0.227 e. The highest BCUT2D eigenvalue weighted by molar-refractivity contribution is 6.42. The van der Waals surface area contributed by atoms with E-state index in [0.717, 1.165) is 62.8 Å². The minimum atomic E-state index is -0.134. The number of carbonyl (C=O) groups is 1. The molecular formula is C34H47Cl2N3O2. The fourth-order valence-electron chi connectivity index (χ4n) is 7.21. The van der Waals surface area contributed by atoms with E-state index in [9.17, 15) is 4.79 Å². The number of rotatable bonds is 9. The zero-order valence-electron chi connectivity index (χ0n) is 24.9. The molecule has 1 amide bonds. The highest BCUT2D eigenvalue weighted by Gasteiger charge is 2.39. The molecule has 1 aliphatic carbocycles. The minimum absolute atomic E-state index is 0.102. The van der Waals surface area contributed by atoms with Gasteiger partial charge in [-0.2, -0.15) is 0 Å². The van der Waals surface area contributed by atoms with E-state index in [1.54, 1.807) is 0 Å². The van der Waals surface area contributed by atoms with Gasteiger partial charge < -0.3 is 14.5 Å². The van der Waals surface area contributed by atoms with Gasteiger partial charge in [0.05, 0.1) is 22.6 Å². The number of likely N-dealkylation sites (tertiary alicyclic amines) is 1. The van der Waals surface area contributed by atoms with Gasteiger partial charge in [-0.15, -0.1) is 0 Å². The van der Waals surface area contributed by atoms with Crippen molar-refractivity contribution in [2.75, 3.05) is 45.8 Å². The molecule has 7 heteroatoms. The monoisotopic (exact) mass is 599 g/mol. The summed E-state index contributed by atoms with van der Waals surface area (Å²) < 4.78 is 5.87. The second-order valence-corrected chi connectivity index (χ2v) is 13.6. The first-order valence-corrected chi connectivity index (χ1v) is 16.5. The zero-order valence-corrected chi connectivity index (χ0v) is 26.4. The molecule has 0 spiro atoms. The summed E-state index contributed by atoms with van der Waals surface area (Å²) in [6.45, 7) is 11.2. The first-order valence-electron chi connectivity index (χ1n) is 15.8. The van der Waals surface area contributed by atoms with Gasteiger partial charge in [-0.3, -0.25) is 9.69 Å². The lowest BCUT2D eigenvalue weighted by atomic mass is 9.71. The van der Waals surface area contributed by atoms with Crippen molar-refractivity contribution < 1.29 is 9.53 Å². The predicted molar refractivity (Wildman–Crippen MR) is 169 cm³/mol. The first kappa shape index (κ1) is 30.7. The smallest absolute Gasteiger partial charge is 0.227 e. The molecule has 1 saturated carbocycles. The number of benzene rings is 2. The Labute approximate surface area is 257 Å². The Morgan fingerprint density at radius 3 is 2.46 bits per heavy atom. The van der Waals surface area contributed by atoms with Crippen molar-refractivity contribution in [3.63, 3.8) is 0 Å². The molecule has 1 atom stereocenters. The van der Waals surface area contributed by atoms with Crippen LogP contribution in [0.4, 0.5) is 0 Å². The van der Waals surface area contributed by atoms with Crippen LogP contribution in [-0.4, -0.2) is 78.6 Å². The van der Waals surface area contributed by atoms with Gasteiger partial charge in [-0.1, -0.05) is 60.7 Å². The number of halogens is 2. The van der Waals surface area contributed by atoms with Crippen LogP contribution in [0.5, 0.6) is 5.75 Å². The van der Waals surface area contributed by atoms with Crippen LogP contribution in [0.2, 0.25) is 10.0 Å². The van der Waals surface area contributed by atoms with E-state index in [2.05, 4.69) is 20.8 Å². The molecule has 5 rings (SSSR count). The summed E-state index contributed by atoms with van der Waals surface area (Å²) in [6.07, 6.45) is 10.5. The average molecular weight is 601 g/mol. The fourth-order valence-corrected chi connectivity index (χ4v) is 7.51. The number of piperidine rings is 1. The third-order valence-electron chi connectivity index (χ3n) is 9.49. The lowest BCUT2D eigenvalue weighted by Crippen LogP contribution is -2.53. The summed E-state index contributed by atoms with van der Waals surface area (Å²) in [5, 5.41) is 1.17. The number of amides is 1. The van der Waals surface area contributed by atoms with Gasteiger partial charge >= 0.3 is 0 Å². The van der Waals surface area contributed by atoms with Crippen molar-refractivity contribution >= 4 is 29.1 Å². The van der Waals surface area contributed by atoms with Gasteiger partial charge in [0.2, 0.25) is 5.91 Å². The molecule has 41 heavy (non-hydrogen) atoms. The van der Waals surface area contributed by atoms with E-state index < -0.39 is 0 Å². The number of carbonyl (C=O) groups excluding carboxylic acids is 1. The maximum atomic E-state index is 13.7. The molecule has 2 heterocycles. The normalized spacial score (nSPS) is 23.2. The maximum absolute atomic E-state index is 13.7. The standard InChI is InChI=1S/C34H47Cl2N3O2/c1-26(2)41-30-11-6-8-27(22-30)23-33(40)39-16-7-14-34(25-39,28-12-13-31(35)32(36)24-28)15-17-37-18-20-38(21-19-37)29-9-4-3-5-10-29/h6,8,11-13,22,24,26,29H,3-5,7,9-10,14-21,23,25H2,1-2H3/t34-/m0/s1. The molecule has 2 aromatic rings. The second kappa shape index (κ2) is 14.1. The van der Waals surface area contributed by atoms with Crippen LogP contribution in [0.15, 0.2) is 42.5 Å². The molecular weight excluding hydrogens is 553 g/mol. The van der Waals surface area contributed by atoms with Gasteiger partial charge in [-0.05, 0) is 87.9 Å². The highest BCUT2D eigenvalue weighted by Crippen LogP contribution is 2.40. The van der Waals surface area contributed by atoms with E-state index in [1.807, 2.05) is 50.2 Å². The molecule has 2 saturated heterocycles. The van der Waals surface area contributed by atoms with Crippen molar-refractivity contribution in [1.82, 2.24) is 14.7 Å². The van der Waals surface area contributed by atoms with E-state index in [4.69, 9.17) is 27.9 Å². The number of ether oxygens (including phenoxy) is 1. The Hall–Kier alpha value is -1.79. The third kappa shape index (κ3) is 7.98. The van der Waals surface area contributed by atoms with Gasteiger partial charge in [0, 0.05) is 50.7 Å². The summed E-state index contributed by atoms with van der Waals surface area (Å²) in [6, 6.07) is 14.9. The van der Waals surface area contributed by atoms with Crippen LogP contribution < -0.4 is 4.74 Å². The van der Waals surface area contributed by atoms with Gasteiger partial charge in [-0.25, -0.2) is 0 Å². The van der Waals surface area contributed by atoms with E-state index in [0.29, 0.717) is 23.0 Å². The van der Waals surface area contributed by atoms with Gasteiger partial charge in [0.25, 0.3) is 0 Å². The predicted octanol–water partition coefficient (Wildman–Crippen LogP) is 7.22. The number of nitrogens with zero attached hydrogens (tertiary/aromatic N) is 3. The van der Waals surface area contributed by atoms with Crippen LogP contribution in [0.1, 0.15) is 76.3 Å². The second-order valence-electron chi connectivity index (χ2n) is 12.7. The summed E-state index contributed by atoms with van der Waals surface area (Å²) >= 11 is 12.9. The van der Waals surface area contributed by atoms with E-state index in [-0.39, 0.29) is 17.4 Å². The zero-order chi connectivity index (χ0) is 28.8. The molecule has 2 aliphatic heterocycles. The van der Waals surface area contributed by atoms with Crippen LogP contribution in [0.3, 0.4) is 0 Å². The van der Waals surface area contributed by atoms with E-state index >= 15 is 0 Å². The Balaban J connectivity index is 1.27. The molecule has 3 aliphatic rings. The van der Waals surface area contributed by atoms with Crippen molar-refractivity contribution in [1.29, 1.82) is 0 Å². The lowest BCUT2D eigenvalue weighted by molar-refractivity contribution is -0.132. The highest BCUT2D eigenvalue weighted by atomic mass is 35.5. The van der Waals surface area contributed by atoms with Crippen molar-refractivity contribution in [2.45, 2.75) is 89.2 Å². The SMILES string of the molecule is CC(C)Oc1cccc(CC(=O)N2CCC[C@@](CCN3CCN(C4CCCCC4)CC3)(c3ccc(Cl)c(Cl)c3)C2)c1. The Morgan fingerprint density at radius 1 is 0.951 bits per heavy atom. The summed E-state index contributed by atoms with van der Waals surface area (Å²) in [5.41, 5.74) is 2.07. The Kier molecular flexibility index (Phi) is 10.6. The summed E-state index contributed by atoms with van der Waals surface area (Å²) in [4.78, 5) is 21.1. The minimum Gasteiger partial charge on any atom is -0.491 e. The van der Waals surface area contributed by atoms with Crippen molar-refractivity contribution in [3.05, 3.63) is 63.6 Å². The van der Waals surface area contributed by atoms with Crippen molar-refractivity contribution in [3.8, 4) is 5.75 Å². The van der Waals surface area contributed by atoms with Crippen LogP contribution in [0, 0.1) is 0 Å². The first-order chi connectivity index (χ1) is 19.8.